The van der Waals surface area contributed by atoms with Gasteiger partial charge in [-0.2, -0.15) is 5.10 Å². The van der Waals surface area contributed by atoms with Gasteiger partial charge in [-0.25, -0.2) is 0 Å². The SMILES string of the molecule is CCc1nn(C)c(CC(C)(C)CCNC(C)(C)C)c1Cl. The number of hydrogen-bond donors (Lipinski definition) is 1. The van der Waals surface area contributed by atoms with Crippen LogP contribution in [-0.2, 0) is 19.9 Å². The largest absolute Gasteiger partial charge is 0.312 e. The minimum absolute atomic E-state index is 0.176. The van der Waals surface area contributed by atoms with E-state index in [2.05, 4.69) is 52.0 Å². The molecule has 0 bridgehead atoms. The van der Waals surface area contributed by atoms with Gasteiger partial charge in [0.1, 0.15) is 0 Å². The van der Waals surface area contributed by atoms with Gasteiger partial charge in [0, 0.05) is 12.6 Å². The minimum atomic E-state index is 0.176. The van der Waals surface area contributed by atoms with Crippen molar-refractivity contribution in [2.24, 2.45) is 12.5 Å². The summed E-state index contributed by atoms with van der Waals surface area (Å²) >= 11 is 6.44. The number of nitrogens with zero attached hydrogens (tertiary/aromatic N) is 2. The van der Waals surface area contributed by atoms with E-state index in [0.29, 0.717) is 0 Å². The van der Waals surface area contributed by atoms with Crippen molar-refractivity contribution in [1.29, 1.82) is 0 Å². The fraction of sp³-hybridized carbons (Fsp3) is 0.812. The number of aromatic nitrogens is 2. The van der Waals surface area contributed by atoms with Crippen molar-refractivity contribution >= 4 is 11.6 Å². The molecule has 0 unspecified atom stereocenters. The van der Waals surface area contributed by atoms with E-state index >= 15 is 0 Å². The number of hydrogen-bond acceptors (Lipinski definition) is 2. The summed E-state index contributed by atoms with van der Waals surface area (Å²) < 4.78 is 1.94. The molecule has 3 nitrogen and oxygen atoms in total. The molecule has 116 valence electrons. The first kappa shape index (κ1) is 17.5. The second kappa shape index (κ2) is 6.48. The number of rotatable bonds is 6. The van der Waals surface area contributed by atoms with E-state index in [-0.39, 0.29) is 11.0 Å². The molecule has 1 aromatic rings. The maximum absolute atomic E-state index is 6.44. The van der Waals surface area contributed by atoms with Crippen molar-refractivity contribution in [1.82, 2.24) is 15.1 Å². The molecule has 0 aliphatic rings. The van der Waals surface area contributed by atoms with Crippen LogP contribution in [0.4, 0.5) is 0 Å². The average Bonchev–Trinajstić information content (AvgIpc) is 2.54. The quantitative estimate of drug-likeness (QED) is 0.861. The smallest absolute Gasteiger partial charge is 0.0849 e. The Morgan fingerprint density at radius 1 is 1.20 bits per heavy atom. The van der Waals surface area contributed by atoms with Crippen molar-refractivity contribution in [2.45, 2.75) is 66.3 Å². The first-order chi connectivity index (χ1) is 9.06. The highest BCUT2D eigenvalue weighted by atomic mass is 35.5. The summed E-state index contributed by atoms with van der Waals surface area (Å²) in [7, 11) is 1.99. The highest BCUT2D eigenvalue weighted by Crippen LogP contribution is 2.30. The Bertz CT molecular complexity index is 441. The first-order valence-electron chi connectivity index (χ1n) is 7.51. The molecule has 4 heteroatoms. The Kier molecular flexibility index (Phi) is 5.68. The number of aryl methyl sites for hydroxylation is 2. The van der Waals surface area contributed by atoms with Crippen molar-refractivity contribution in [3.63, 3.8) is 0 Å². The molecule has 1 N–H and O–H groups in total. The molecule has 1 heterocycles. The maximum Gasteiger partial charge on any atom is 0.0849 e. The van der Waals surface area contributed by atoms with Gasteiger partial charge in [-0.3, -0.25) is 4.68 Å². The van der Waals surface area contributed by atoms with E-state index in [1.54, 1.807) is 0 Å². The van der Waals surface area contributed by atoms with E-state index in [1.165, 1.54) is 0 Å². The molecule has 0 atom stereocenters. The van der Waals surface area contributed by atoms with Crippen LogP contribution in [0.25, 0.3) is 0 Å². The molecule has 0 saturated carbocycles. The second-order valence-electron chi connectivity index (χ2n) is 7.45. The third-order valence-corrected chi connectivity index (χ3v) is 4.04. The highest BCUT2D eigenvalue weighted by molar-refractivity contribution is 6.31. The van der Waals surface area contributed by atoms with Crippen molar-refractivity contribution < 1.29 is 0 Å². The van der Waals surface area contributed by atoms with Gasteiger partial charge < -0.3 is 5.32 Å². The van der Waals surface area contributed by atoms with Crippen LogP contribution in [0.1, 0.15) is 59.4 Å². The summed E-state index contributed by atoms with van der Waals surface area (Å²) in [6.07, 6.45) is 2.97. The van der Waals surface area contributed by atoms with Crippen LogP contribution in [0.3, 0.4) is 0 Å². The topological polar surface area (TPSA) is 29.9 Å². The van der Waals surface area contributed by atoms with Gasteiger partial charge in [0.25, 0.3) is 0 Å². The molecular formula is C16H30ClN3. The zero-order valence-electron chi connectivity index (χ0n) is 14.1. The lowest BCUT2D eigenvalue weighted by Gasteiger charge is -2.28. The molecule has 0 aromatic carbocycles. The zero-order chi connectivity index (χ0) is 15.6. The Hall–Kier alpha value is -0.540. The molecule has 0 aliphatic carbocycles. The summed E-state index contributed by atoms with van der Waals surface area (Å²) in [6, 6.07) is 0. The molecule has 20 heavy (non-hydrogen) atoms. The molecule has 1 rings (SSSR count). The van der Waals surface area contributed by atoms with Gasteiger partial charge in [-0.15, -0.1) is 0 Å². The fourth-order valence-electron chi connectivity index (χ4n) is 2.33. The van der Waals surface area contributed by atoms with E-state index in [4.69, 9.17) is 11.6 Å². The summed E-state index contributed by atoms with van der Waals surface area (Å²) in [5.74, 6) is 0. The summed E-state index contributed by atoms with van der Waals surface area (Å²) in [5, 5.41) is 8.91. The molecule has 0 aliphatic heterocycles. The summed E-state index contributed by atoms with van der Waals surface area (Å²) in [4.78, 5) is 0. The van der Waals surface area contributed by atoms with Crippen LogP contribution in [0.2, 0.25) is 5.02 Å². The van der Waals surface area contributed by atoms with Gasteiger partial charge in [0.05, 0.1) is 16.4 Å². The lowest BCUT2D eigenvalue weighted by molar-refractivity contribution is 0.297. The van der Waals surface area contributed by atoms with Crippen LogP contribution in [0.5, 0.6) is 0 Å². The van der Waals surface area contributed by atoms with E-state index in [9.17, 15) is 0 Å². The van der Waals surface area contributed by atoms with E-state index in [0.717, 1.165) is 42.2 Å². The van der Waals surface area contributed by atoms with Crippen molar-refractivity contribution in [3.05, 3.63) is 16.4 Å². The van der Waals surface area contributed by atoms with E-state index in [1.807, 2.05) is 11.7 Å². The highest BCUT2D eigenvalue weighted by Gasteiger charge is 2.24. The monoisotopic (exact) mass is 299 g/mol. The van der Waals surface area contributed by atoms with Crippen molar-refractivity contribution in [3.8, 4) is 0 Å². The molecule has 0 fully saturated rings. The summed E-state index contributed by atoms with van der Waals surface area (Å²) in [5.41, 5.74) is 2.55. The molecule has 0 spiro atoms. The minimum Gasteiger partial charge on any atom is -0.312 e. The van der Waals surface area contributed by atoms with Crippen LogP contribution >= 0.6 is 11.6 Å². The van der Waals surface area contributed by atoms with Crippen LogP contribution in [0, 0.1) is 5.41 Å². The van der Waals surface area contributed by atoms with Gasteiger partial charge in [-0.1, -0.05) is 32.4 Å². The number of nitrogens with one attached hydrogen (secondary N) is 1. The van der Waals surface area contributed by atoms with Crippen LogP contribution < -0.4 is 5.32 Å². The molecule has 0 saturated heterocycles. The first-order valence-corrected chi connectivity index (χ1v) is 7.89. The van der Waals surface area contributed by atoms with E-state index < -0.39 is 0 Å². The summed E-state index contributed by atoms with van der Waals surface area (Å²) in [6.45, 7) is 14.3. The lowest BCUT2D eigenvalue weighted by Crippen LogP contribution is -2.38. The Balaban J connectivity index is 2.69. The lowest BCUT2D eigenvalue weighted by atomic mass is 9.84. The Morgan fingerprint density at radius 3 is 2.25 bits per heavy atom. The van der Waals surface area contributed by atoms with Gasteiger partial charge in [-0.05, 0) is 52.0 Å². The third-order valence-electron chi connectivity index (χ3n) is 3.61. The van der Waals surface area contributed by atoms with Crippen LogP contribution in [0.15, 0.2) is 0 Å². The molecular weight excluding hydrogens is 270 g/mol. The predicted molar refractivity (Wildman–Crippen MR) is 87.5 cm³/mol. The Labute approximate surface area is 129 Å². The predicted octanol–water partition coefficient (Wildman–Crippen LogP) is 3.98. The number of halogens is 1. The van der Waals surface area contributed by atoms with Gasteiger partial charge >= 0.3 is 0 Å². The standard InChI is InChI=1S/C16H30ClN3/c1-8-12-14(17)13(20(7)19-12)11-16(5,6)9-10-18-15(2,3)4/h18H,8-11H2,1-7H3. The molecule has 0 amide bonds. The molecule has 0 radical (unpaired) electrons. The zero-order valence-corrected chi connectivity index (χ0v) is 14.9. The average molecular weight is 300 g/mol. The van der Waals surface area contributed by atoms with Crippen molar-refractivity contribution in [2.75, 3.05) is 6.54 Å². The third kappa shape index (κ3) is 5.10. The maximum atomic E-state index is 6.44. The van der Waals surface area contributed by atoms with Gasteiger partial charge in [0.15, 0.2) is 0 Å². The normalized spacial score (nSPS) is 13.0. The second-order valence-corrected chi connectivity index (χ2v) is 7.83. The fourth-order valence-corrected chi connectivity index (χ4v) is 2.69. The van der Waals surface area contributed by atoms with Crippen LogP contribution in [-0.4, -0.2) is 21.9 Å². The Morgan fingerprint density at radius 2 is 1.80 bits per heavy atom. The van der Waals surface area contributed by atoms with Gasteiger partial charge in [0.2, 0.25) is 0 Å². The molecule has 1 aromatic heterocycles.